The van der Waals surface area contributed by atoms with E-state index in [0.717, 1.165) is 10.4 Å². The van der Waals surface area contributed by atoms with E-state index in [1.54, 1.807) is 0 Å². The number of aliphatic hydroxyl groups excluding tert-OH is 1. The number of aliphatic hydroxyl groups is 1. The molecule has 0 aliphatic carbocycles. The molecule has 0 unspecified atom stereocenters. The molecule has 0 radical (unpaired) electrons. The fourth-order valence-corrected chi connectivity index (χ4v) is 10.7. The van der Waals surface area contributed by atoms with Crippen molar-refractivity contribution in [2.24, 2.45) is 0 Å². The van der Waals surface area contributed by atoms with Gasteiger partial charge in [-0.15, -0.1) is 0 Å². The van der Waals surface area contributed by atoms with E-state index in [1.165, 1.54) is 27.9 Å². The smallest absolute Gasteiger partial charge is 0.303 e. The summed E-state index contributed by atoms with van der Waals surface area (Å²) in [7, 11) is -1.60. The van der Waals surface area contributed by atoms with Crippen LogP contribution in [0.25, 0.3) is 0 Å². The summed E-state index contributed by atoms with van der Waals surface area (Å²) in [5.74, 6) is -1.92. The third kappa shape index (κ3) is 7.85. The number of esters is 3. The Morgan fingerprint density at radius 3 is 1.74 bits per heavy atom. The molecule has 4 rings (SSSR count). The highest BCUT2D eigenvalue weighted by Crippen LogP contribution is 2.39. The summed E-state index contributed by atoms with van der Waals surface area (Å²) in [6, 6.07) is 20.1. The minimum absolute atomic E-state index is 0.00404. The van der Waals surface area contributed by atoms with Gasteiger partial charge in [0.05, 0.1) is 6.61 Å². The summed E-state index contributed by atoms with van der Waals surface area (Å²) in [6.07, 6.45) is -8.88. The Morgan fingerprint density at radius 2 is 1.26 bits per heavy atom. The molecule has 2 aromatic carbocycles. The lowest BCUT2D eigenvalue weighted by Crippen LogP contribution is -2.67. The van der Waals surface area contributed by atoms with Gasteiger partial charge in [-0.05, 0) is 15.4 Å². The van der Waals surface area contributed by atoms with Crippen LogP contribution in [0.3, 0.4) is 0 Å². The number of hydrogen-bond acceptors (Lipinski definition) is 12. The highest BCUT2D eigenvalue weighted by molar-refractivity contribution is 6.99. The molecule has 13 heteroatoms. The maximum Gasteiger partial charge on any atom is 0.303 e. The number of carbonyl (C=O) groups excluding carboxylic acids is 3. The van der Waals surface area contributed by atoms with Gasteiger partial charge in [0.1, 0.15) is 31.0 Å². The van der Waals surface area contributed by atoms with E-state index >= 15 is 0 Å². The Hall–Kier alpha value is -3.17. The zero-order chi connectivity index (χ0) is 33.6. The highest BCUT2D eigenvalue weighted by Gasteiger charge is 2.56. The minimum atomic E-state index is -3.01. The number of carbonyl (C=O) groups is 3. The second-order valence-corrected chi connectivity index (χ2v) is 16.6. The van der Waals surface area contributed by atoms with Gasteiger partial charge in [-0.3, -0.25) is 14.4 Å². The lowest BCUT2D eigenvalue weighted by molar-refractivity contribution is -0.224. The van der Waals surface area contributed by atoms with Crippen molar-refractivity contribution in [3.8, 4) is 0 Å². The van der Waals surface area contributed by atoms with Crippen molar-refractivity contribution in [2.45, 2.75) is 95.8 Å². The van der Waals surface area contributed by atoms with Crippen LogP contribution in [0, 0.1) is 0 Å². The monoisotopic (exact) mass is 660 g/mol. The fraction of sp³-hybridized carbons (Fsp3) is 0.545. The highest BCUT2D eigenvalue weighted by atomic mass is 28.4. The molecule has 2 aliphatic heterocycles. The lowest BCUT2D eigenvalue weighted by Gasteiger charge is -2.43. The van der Waals surface area contributed by atoms with Crippen LogP contribution in [-0.4, -0.2) is 101 Å². The normalized spacial score (nSPS) is 28.1. The Labute approximate surface area is 270 Å². The van der Waals surface area contributed by atoms with Gasteiger partial charge >= 0.3 is 17.9 Å². The first-order valence-electron chi connectivity index (χ1n) is 15.2. The Bertz CT molecular complexity index is 1280. The van der Waals surface area contributed by atoms with Gasteiger partial charge in [-0.1, -0.05) is 81.4 Å². The van der Waals surface area contributed by atoms with Crippen molar-refractivity contribution in [1.29, 1.82) is 0 Å². The first kappa shape index (κ1) is 35.7. The van der Waals surface area contributed by atoms with Crippen molar-refractivity contribution in [2.75, 3.05) is 20.3 Å². The predicted octanol–water partition coefficient (Wildman–Crippen LogP) is 1.83. The molecule has 0 saturated carbocycles. The van der Waals surface area contributed by atoms with E-state index in [0.29, 0.717) is 0 Å². The number of ether oxygens (including phenoxy) is 7. The summed E-state index contributed by atoms with van der Waals surface area (Å²) in [6.45, 7) is 9.76. The zero-order valence-electron chi connectivity index (χ0n) is 27.2. The Morgan fingerprint density at radius 1 is 0.739 bits per heavy atom. The van der Waals surface area contributed by atoms with Gasteiger partial charge in [-0.25, -0.2) is 0 Å². The van der Waals surface area contributed by atoms with E-state index < -0.39 is 75.4 Å². The standard InChI is InChI=1S/C33H44O12Si/c1-20(34)39-18-25-28(41-21(2)35)30(42-22(3)36)32(44-25)45-27-26(43-31(37)29(27)38-7)19-40-46(33(4,5)6,23-14-10-8-11-15-23)24-16-12-9-13-17-24/h8-17,25-32,37H,18-19H2,1-7H3/t25-,26-,27-,28-,29+,30+,31+,32-/m1/s1. The second kappa shape index (κ2) is 15.2. The van der Waals surface area contributed by atoms with Crippen molar-refractivity contribution in [3.05, 3.63) is 60.7 Å². The predicted molar refractivity (Wildman–Crippen MR) is 167 cm³/mol. The fourth-order valence-electron chi connectivity index (χ4n) is 6.17. The summed E-state index contributed by atoms with van der Waals surface area (Å²) >= 11 is 0. The van der Waals surface area contributed by atoms with Gasteiger partial charge < -0.3 is 42.7 Å². The van der Waals surface area contributed by atoms with Crippen LogP contribution in [-0.2, 0) is 52.0 Å². The van der Waals surface area contributed by atoms with Crippen LogP contribution in [0.5, 0.6) is 0 Å². The van der Waals surface area contributed by atoms with Crippen LogP contribution < -0.4 is 10.4 Å². The van der Waals surface area contributed by atoms with E-state index in [1.807, 2.05) is 36.4 Å². The molecule has 0 spiro atoms. The van der Waals surface area contributed by atoms with Crippen LogP contribution in [0.4, 0.5) is 0 Å². The minimum Gasteiger partial charge on any atom is -0.463 e. The molecule has 2 aliphatic rings. The number of rotatable bonds is 12. The van der Waals surface area contributed by atoms with Crippen LogP contribution in [0.1, 0.15) is 41.5 Å². The van der Waals surface area contributed by atoms with Crippen molar-refractivity contribution in [3.63, 3.8) is 0 Å². The van der Waals surface area contributed by atoms with E-state index in [-0.39, 0.29) is 18.3 Å². The number of benzene rings is 2. The molecule has 0 bridgehead atoms. The molecule has 1 N–H and O–H groups in total. The van der Waals surface area contributed by atoms with Gasteiger partial charge in [0.2, 0.25) is 0 Å². The van der Waals surface area contributed by atoms with E-state index in [4.69, 9.17) is 37.6 Å². The van der Waals surface area contributed by atoms with Gasteiger partial charge in [0.25, 0.3) is 8.32 Å². The molecule has 2 heterocycles. The van der Waals surface area contributed by atoms with Crippen molar-refractivity contribution >= 4 is 36.6 Å². The molecule has 12 nitrogen and oxygen atoms in total. The molecule has 2 saturated heterocycles. The molecule has 252 valence electrons. The first-order chi connectivity index (χ1) is 21.8. The van der Waals surface area contributed by atoms with Gasteiger partial charge in [-0.2, -0.15) is 0 Å². The van der Waals surface area contributed by atoms with Crippen LogP contribution >= 0.6 is 0 Å². The average Bonchev–Trinajstić information content (AvgIpc) is 3.46. The summed E-state index contributed by atoms with van der Waals surface area (Å²) in [5.41, 5.74) is 0. The zero-order valence-corrected chi connectivity index (χ0v) is 28.2. The third-order valence-electron chi connectivity index (χ3n) is 8.05. The number of methoxy groups -OCH3 is 1. The third-order valence-corrected chi connectivity index (χ3v) is 13.1. The van der Waals surface area contributed by atoms with Gasteiger partial charge in [0, 0.05) is 27.9 Å². The molecule has 2 aromatic rings. The van der Waals surface area contributed by atoms with Crippen molar-refractivity contribution < 1.29 is 57.1 Å². The quantitative estimate of drug-likeness (QED) is 0.201. The second-order valence-electron chi connectivity index (χ2n) is 12.3. The molecule has 8 atom stereocenters. The summed E-state index contributed by atoms with van der Waals surface area (Å²) < 4.78 is 47.1. The Balaban J connectivity index is 1.67. The molecule has 0 aromatic heterocycles. The maximum atomic E-state index is 12.1. The van der Waals surface area contributed by atoms with E-state index in [9.17, 15) is 19.5 Å². The average molecular weight is 661 g/mol. The number of hydrogen-bond donors (Lipinski definition) is 1. The largest absolute Gasteiger partial charge is 0.463 e. The van der Waals surface area contributed by atoms with Crippen LogP contribution in [0.15, 0.2) is 60.7 Å². The first-order valence-corrected chi connectivity index (χ1v) is 17.1. The van der Waals surface area contributed by atoms with Gasteiger partial charge in [0.15, 0.2) is 24.8 Å². The summed E-state index contributed by atoms with van der Waals surface area (Å²) in [5, 5.41) is 12.7. The topological polar surface area (TPSA) is 145 Å². The van der Waals surface area contributed by atoms with E-state index in [2.05, 4.69) is 45.0 Å². The SMILES string of the molecule is CO[C@H]1[C@H](O[C@H]2O[C@H](COC(C)=O)[C@@H](OC(C)=O)[C@@H]2OC(C)=O)[C@@H](CO[Si](c2ccccc2)(c2ccccc2)C(C)(C)C)O[C@@H]1O. The molecule has 2 fully saturated rings. The molecular formula is C33H44O12Si. The Kier molecular flexibility index (Phi) is 11.8. The lowest BCUT2D eigenvalue weighted by atomic mass is 10.1. The maximum absolute atomic E-state index is 12.1. The van der Waals surface area contributed by atoms with Crippen molar-refractivity contribution in [1.82, 2.24) is 0 Å². The molecule has 46 heavy (non-hydrogen) atoms. The summed E-state index contributed by atoms with van der Waals surface area (Å²) in [4.78, 5) is 35.7. The molecule has 0 amide bonds. The van der Waals surface area contributed by atoms with Crippen LogP contribution in [0.2, 0.25) is 5.04 Å². The molecular weight excluding hydrogens is 616 g/mol.